The number of fused-ring (bicyclic) bond motifs is 1. The molecule has 112 valence electrons. The summed E-state index contributed by atoms with van der Waals surface area (Å²) in [5.41, 5.74) is 1.08. The minimum Gasteiger partial charge on any atom is -0.497 e. The fourth-order valence-electron chi connectivity index (χ4n) is 2.32. The normalized spacial score (nSPS) is 17.2. The highest BCUT2D eigenvalue weighted by molar-refractivity contribution is 5.46. The molecular formula is C15H19N3O3. The number of aromatic nitrogens is 2. The van der Waals surface area contributed by atoms with Crippen molar-refractivity contribution < 1.29 is 14.0 Å². The van der Waals surface area contributed by atoms with Crippen LogP contribution in [0.15, 0.2) is 22.7 Å². The van der Waals surface area contributed by atoms with Gasteiger partial charge in [-0.3, -0.25) is 0 Å². The summed E-state index contributed by atoms with van der Waals surface area (Å²) in [6, 6.07) is 6.38. The molecule has 0 bridgehead atoms. The van der Waals surface area contributed by atoms with E-state index in [0.29, 0.717) is 18.4 Å². The maximum absolute atomic E-state index is 5.69. The zero-order chi connectivity index (χ0) is 14.8. The predicted octanol–water partition coefficient (Wildman–Crippen LogP) is 3.14. The van der Waals surface area contributed by atoms with Gasteiger partial charge in [-0.25, -0.2) is 0 Å². The molecule has 0 amide bonds. The van der Waals surface area contributed by atoms with E-state index in [4.69, 9.17) is 14.0 Å². The molecule has 0 saturated heterocycles. The molecule has 2 aromatic rings. The van der Waals surface area contributed by atoms with Crippen LogP contribution < -0.4 is 14.8 Å². The van der Waals surface area contributed by atoms with Crippen LogP contribution in [0.3, 0.4) is 0 Å². The average molecular weight is 289 g/mol. The summed E-state index contributed by atoms with van der Waals surface area (Å²) in [7, 11) is 1.65. The van der Waals surface area contributed by atoms with Crippen molar-refractivity contribution in [1.29, 1.82) is 0 Å². The highest BCUT2D eigenvalue weighted by atomic mass is 16.5. The summed E-state index contributed by atoms with van der Waals surface area (Å²) in [5.74, 6) is 2.58. The molecule has 6 nitrogen and oxygen atoms in total. The third kappa shape index (κ3) is 2.79. The molecule has 0 radical (unpaired) electrons. The second-order valence-corrected chi connectivity index (χ2v) is 5.35. The van der Waals surface area contributed by atoms with Crippen molar-refractivity contribution in [2.75, 3.05) is 19.0 Å². The summed E-state index contributed by atoms with van der Waals surface area (Å²) in [4.78, 5) is 4.36. The molecule has 1 N–H and O–H groups in total. The van der Waals surface area contributed by atoms with E-state index >= 15 is 0 Å². The molecule has 2 heterocycles. The Morgan fingerprint density at radius 2 is 2.24 bits per heavy atom. The number of methoxy groups -OCH3 is 1. The Labute approximate surface area is 123 Å². The molecule has 1 atom stereocenters. The topological polar surface area (TPSA) is 69.4 Å². The molecule has 0 spiro atoms. The van der Waals surface area contributed by atoms with Gasteiger partial charge in [0, 0.05) is 24.0 Å². The Balaban J connectivity index is 1.81. The van der Waals surface area contributed by atoms with Gasteiger partial charge in [-0.1, -0.05) is 19.0 Å². The number of benzene rings is 1. The number of ether oxygens (including phenoxy) is 2. The third-order valence-corrected chi connectivity index (χ3v) is 3.52. The van der Waals surface area contributed by atoms with Crippen molar-refractivity contribution in [3.63, 3.8) is 0 Å². The van der Waals surface area contributed by atoms with Gasteiger partial charge in [-0.2, -0.15) is 4.98 Å². The summed E-state index contributed by atoms with van der Waals surface area (Å²) < 4.78 is 16.2. The van der Waals surface area contributed by atoms with Gasteiger partial charge in [0.15, 0.2) is 5.82 Å². The SMILES string of the molecule is COc1ccc2c(c1)OCC[C@@H]2Nc1nc(C(C)C)no1. The highest BCUT2D eigenvalue weighted by Gasteiger charge is 2.24. The van der Waals surface area contributed by atoms with Gasteiger partial charge in [0.2, 0.25) is 0 Å². The van der Waals surface area contributed by atoms with Crippen LogP contribution in [0.1, 0.15) is 43.6 Å². The number of nitrogens with one attached hydrogen (secondary N) is 1. The molecule has 0 unspecified atom stereocenters. The Morgan fingerprint density at radius 1 is 1.38 bits per heavy atom. The number of hydrogen-bond acceptors (Lipinski definition) is 6. The van der Waals surface area contributed by atoms with Gasteiger partial charge in [-0.05, 0) is 12.1 Å². The van der Waals surface area contributed by atoms with Crippen molar-refractivity contribution in [1.82, 2.24) is 10.1 Å². The first-order valence-electron chi connectivity index (χ1n) is 7.08. The average Bonchev–Trinajstić information content (AvgIpc) is 2.96. The lowest BCUT2D eigenvalue weighted by Gasteiger charge is -2.26. The number of anilines is 1. The third-order valence-electron chi connectivity index (χ3n) is 3.52. The van der Waals surface area contributed by atoms with Crippen LogP contribution in [-0.4, -0.2) is 23.9 Å². The molecule has 0 aliphatic carbocycles. The number of rotatable bonds is 4. The summed E-state index contributed by atoms with van der Waals surface area (Å²) in [6.07, 6.45) is 0.846. The van der Waals surface area contributed by atoms with Crippen molar-refractivity contribution in [2.24, 2.45) is 0 Å². The van der Waals surface area contributed by atoms with Crippen molar-refractivity contribution in [2.45, 2.75) is 32.2 Å². The molecule has 3 rings (SSSR count). The first-order valence-corrected chi connectivity index (χ1v) is 7.08. The molecule has 6 heteroatoms. The van der Waals surface area contributed by atoms with Crippen LogP contribution in [0.25, 0.3) is 0 Å². The lowest BCUT2D eigenvalue weighted by molar-refractivity contribution is 0.270. The van der Waals surface area contributed by atoms with Gasteiger partial charge in [-0.15, -0.1) is 0 Å². The van der Waals surface area contributed by atoms with Gasteiger partial charge >= 0.3 is 6.01 Å². The van der Waals surface area contributed by atoms with Crippen molar-refractivity contribution >= 4 is 6.01 Å². The largest absolute Gasteiger partial charge is 0.497 e. The van der Waals surface area contributed by atoms with Crippen molar-refractivity contribution in [3.05, 3.63) is 29.6 Å². The summed E-state index contributed by atoms with van der Waals surface area (Å²) in [6.45, 7) is 4.71. The number of nitrogens with zero attached hydrogens (tertiary/aromatic N) is 2. The Bertz CT molecular complexity index is 624. The summed E-state index contributed by atoms with van der Waals surface area (Å²) >= 11 is 0. The fraction of sp³-hybridized carbons (Fsp3) is 0.467. The number of hydrogen-bond donors (Lipinski definition) is 1. The van der Waals surface area contributed by atoms with Crippen LogP contribution in [0.2, 0.25) is 0 Å². The second-order valence-electron chi connectivity index (χ2n) is 5.35. The van der Waals surface area contributed by atoms with Gasteiger partial charge in [0.25, 0.3) is 0 Å². The maximum Gasteiger partial charge on any atom is 0.321 e. The van der Waals surface area contributed by atoms with Crippen LogP contribution in [0.4, 0.5) is 6.01 Å². The second kappa shape index (κ2) is 5.63. The quantitative estimate of drug-likeness (QED) is 0.932. The molecule has 1 aromatic carbocycles. The van der Waals surface area contributed by atoms with E-state index in [-0.39, 0.29) is 12.0 Å². The molecular weight excluding hydrogens is 270 g/mol. The molecule has 21 heavy (non-hydrogen) atoms. The lowest BCUT2D eigenvalue weighted by atomic mass is 10.0. The predicted molar refractivity (Wildman–Crippen MR) is 77.9 cm³/mol. The minimum atomic E-state index is 0.0973. The first-order chi connectivity index (χ1) is 10.2. The van der Waals surface area contributed by atoms with Crippen LogP contribution in [0, 0.1) is 0 Å². The molecule has 1 aliphatic rings. The molecule has 1 aromatic heterocycles. The lowest BCUT2D eigenvalue weighted by Crippen LogP contribution is -2.20. The van der Waals surface area contributed by atoms with E-state index in [2.05, 4.69) is 15.5 Å². The van der Waals surface area contributed by atoms with E-state index in [1.807, 2.05) is 32.0 Å². The van der Waals surface area contributed by atoms with E-state index in [0.717, 1.165) is 23.5 Å². The van der Waals surface area contributed by atoms with Gasteiger partial charge in [0.1, 0.15) is 11.5 Å². The van der Waals surface area contributed by atoms with Crippen LogP contribution in [-0.2, 0) is 0 Å². The smallest absolute Gasteiger partial charge is 0.321 e. The van der Waals surface area contributed by atoms with Crippen LogP contribution in [0.5, 0.6) is 11.5 Å². The molecule has 1 aliphatic heterocycles. The standard InChI is InChI=1S/C15H19N3O3/c1-9(2)14-17-15(21-18-14)16-12-6-7-20-13-8-10(19-3)4-5-11(12)13/h4-5,8-9,12H,6-7H2,1-3H3,(H,16,17,18)/t12-/m0/s1. The van der Waals surface area contributed by atoms with E-state index in [1.54, 1.807) is 7.11 Å². The Morgan fingerprint density at radius 3 is 2.95 bits per heavy atom. The van der Waals surface area contributed by atoms with Gasteiger partial charge < -0.3 is 19.3 Å². The molecule has 0 fully saturated rings. The Hall–Kier alpha value is -2.24. The van der Waals surface area contributed by atoms with E-state index in [9.17, 15) is 0 Å². The van der Waals surface area contributed by atoms with Crippen LogP contribution >= 0.6 is 0 Å². The minimum absolute atomic E-state index is 0.0973. The zero-order valence-electron chi connectivity index (χ0n) is 12.4. The van der Waals surface area contributed by atoms with Gasteiger partial charge in [0.05, 0.1) is 19.8 Å². The monoisotopic (exact) mass is 289 g/mol. The van der Waals surface area contributed by atoms with E-state index in [1.165, 1.54) is 0 Å². The fourth-order valence-corrected chi connectivity index (χ4v) is 2.32. The zero-order valence-corrected chi connectivity index (χ0v) is 12.4. The van der Waals surface area contributed by atoms with E-state index < -0.39 is 0 Å². The summed E-state index contributed by atoms with van der Waals surface area (Å²) in [5, 5.41) is 7.25. The highest BCUT2D eigenvalue weighted by Crippen LogP contribution is 2.36. The Kier molecular flexibility index (Phi) is 3.68. The first kappa shape index (κ1) is 13.7. The maximum atomic E-state index is 5.69. The van der Waals surface area contributed by atoms with Crippen molar-refractivity contribution in [3.8, 4) is 11.5 Å². The molecule has 0 saturated carbocycles.